The molecule has 0 bridgehead atoms. The van der Waals surface area contributed by atoms with Gasteiger partial charge in [0, 0.05) is 12.6 Å². The zero-order valence-electron chi connectivity index (χ0n) is 16.3. The second kappa shape index (κ2) is 9.74. The lowest BCUT2D eigenvalue weighted by Crippen LogP contribution is -2.34. The Bertz CT molecular complexity index is 592. The monoisotopic (exact) mass is 338 g/mol. The zero-order valence-corrected chi connectivity index (χ0v) is 16.3. The van der Waals surface area contributed by atoms with Crippen molar-refractivity contribution in [2.24, 2.45) is 0 Å². The summed E-state index contributed by atoms with van der Waals surface area (Å²) < 4.78 is 0. The Hall–Kier alpha value is -1.64. The lowest BCUT2D eigenvalue weighted by molar-refractivity contribution is 0.312. The first kappa shape index (κ1) is 19.7. The number of hydrogen-bond acceptors (Lipinski definition) is 2. The van der Waals surface area contributed by atoms with E-state index in [0.717, 1.165) is 26.1 Å². The highest BCUT2D eigenvalue weighted by atomic mass is 15.1. The standard InChI is InChI=1S/C23H34N2/c1-20(18-23(2,3)22-14-9-6-10-15-22)24-16-11-17-25(4)19-21-12-7-5-8-13-21/h5-10,12-15,20,24H,11,16-19H2,1-4H3. The Balaban J connectivity index is 1.66. The molecule has 0 heterocycles. The van der Waals surface area contributed by atoms with Crippen molar-refractivity contribution < 1.29 is 0 Å². The van der Waals surface area contributed by atoms with E-state index in [1.807, 2.05) is 0 Å². The van der Waals surface area contributed by atoms with Gasteiger partial charge in [-0.2, -0.15) is 0 Å². The van der Waals surface area contributed by atoms with Crippen molar-refractivity contribution >= 4 is 0 Å². The van der Waals surface area contributed by atoms with Gasteiger partial charge in [-0.3, -0.25) is 0 Å². The fraction of sp³-hybridized carbons (Fsp3) is 0.478. The van der Waals surface area contributed by atoms with Crippen molar-refractivity contribution in [1.29, 1.82) is 0 Å². The van der Waals surface area contributed by atoms with Gasteiger partial charge < -0.3 is 10.2 Å². The van der Waals surface area contributed by atoms with Gasteiger partial charge in [-0.15, -0.1) is 0 Å². The van der Waals surface area contributed by atoms with E-state index in [1.165, 1.54) is 17.5 Å². The van der Waals surface area contributed by atoms with E-state index in [0.29, 0.717) is 6.04 Å². The molecule has 2 aromatic rings. The summed E-state index contributed by atoms with van der Waals surface area (Å²) in [6.07, 6.45) is 2.33. The molecule has 2 heteroatoms. The molecule has 136 valence electrons. The maximum atomic E-state index is 3.70. The van der Waals surface area contributed by atoms with Crippen LogP contribution in [0.2, 0.25) is 0 Å². The molecule has 0 aliphatic rings. The Morgan fingerprint density at radius 1 is 0.960 bits per heavy atom. The molecule has 0 saturated heterocycles. The minimum absolute atomic E-state index is 0.206. The smallest absolute Gasteiger partial charge is 0.0230 e. The van der Waals surface area contributed by atoms with Crippen LogP contribution < -0.4 is 5.32 Å². The molecular formula is C23H34N2. The molecule has 1 unspecified atom stereocenters. The Labute approximate surface area is 154 Å². The maximum Gasteiger partial charge on any atom is 0.0230 e. The number of rotatable bonds is 10. The molecule has 0 radical (unpaired) electrons. The molecule has 0 aliphatic carbocycles. The summed E-state index contributed by atoms with van der Waals surface area (Å²) in [5, 5.41) is 3.70. The third kappa shape index (κ3) is 7.01. The topological polar surface area (TPSA) is 15.3 Å². The van der Waals surface area contributed by atoms with Crippen LogP contribution in [0.3, 0.4) is 0 Å². The highest BCUT2D eigenvalue weighted by molar-refractivity contribution is 5.23. The van der Waals surface area contributed by atoms with E-state index in [-0.39, 0.29) is 5.41 Å². The summed E-state index contributed by atoms with van der Waals surface area (Å²) in [6, 6.07) is 22.1. The zero-order chi connectivity index (χ0) is 18.1. The van der Waals surface area contributed by atoms with Gasteiger partial charge in [0.05, 0.1) is 0 Å². The summed E-state index contributed by atoms with van der Waals surface area (Å²) in [4.78, 5) is 2.40. The maximum absolute atomic E-state index is 3.70. The summed E-state index contributed by atoms with van der Waals surface area (Å²) in [5.74, 6) is 0. The van der Waals surface area contributed by atoms with E-state index in [9.17, 15) is 0 Å². The molecule has 1 atom stereocenters. The normalized spacial score (nSPS) is 13.2. The predicted molar refractivity (Wildman–Crippen MR) is 109 cm³/mol. The molecule has 0 aromatic heterocycles. The summed E-state index contributed by atoms with van der Waals surface area (Å²) in [5.41, 5.74) is 3.01. The van der Waals surface area contributed by atoms with Crippen molar-refractivity contribution in [2.45, 2.75) is 51.6 Å². The quantitative estimate of drug-likeness (QED) is 0.623. The fourth-order valence-electron chi connectivity index (χ4n) is 3.52. The van der Waals surface area contributed by atoms with Crippen molar-refractivity contribution in [3.63, 3.8) is 0 Å². The van der Waals surface area contributed by atoms with Gasteiger partial charge in [-0.05, 0) is 56.4 Å². The van der Waals surface area contributed by atoms with Crippen LogP contribution in [0.5, 0.6) is 0 Å². The summed E-state index contributed by atoms with van der Waals surface area (Å²) >= 11 is 0. The van der Waals surface area contributed by atoms with Gasteiger partial charge in [0.1, 0.15) is 0 Å². The first-order valence-electron chi connectivity index (χ1n) is 9.49. The second-order valence-electron chi connectivity index (χ2n) is 7.89. The third-order valence-electron chi connectivity index (χ3n) is 4.88. The molecule has 2 aromatic carbocycles. The van der Waals surface area contributed by atoms with Gasteiger partial charge in [0.25, 0.3) is 0 Å². The summed E-state index contributed by atoms with van der Waals surface area (Å²) in [6.45, 7) is 10.2. The van der Waals surface area contributed by atoms with Crippen molar-refractivity contribution in [3.05, 3.63) is 71.8 Å². The molecule has 2 nitrogen and oxygen atoms in total. The summed E-state index contributed by atoms with van der Waals surface area (Å²) in [7, 11) is 2.20. The van der Waals surface area contributed by atoms with Crippen LogP contribution in [0, 0.1) is 0 Å². The lowest BCUT2D eigenvalue weighted by atomic mass is 9.79. The van der Waals surface area contributed by atoms with E-state index >= 15 is 0 Å². The van der Waals surface area contributed by atoms with Crippen molar-refractivity contribution in [1.82, 2.24) is 10.2 Å². The van der Waals surface area contributed by atoms with Gasteiger partial charge in [0.2, 0.25) is 0 Å². The molecule has 0 amide bonds. The molecule has 0 fully saturated rings. The van der Waals surface area contributed by atoms with Gasteiger partial charge in [-0.1, -0.05) is 74.5 Å². The SMILES string of the molecule is CC(CC(C)(C)c1ccccc1)NCCCN(C)Cc1ccccc1. The highest BCUT2D eigenvalue weighted by Crippen LogP contribution is 2.28. The van der Waals surface area contributed by atoms with E-state index < -0.39 is 0 Å². The number of nitrogens with one attached hydrogen (secondary N) is 1. The fourth-order valence-corrected chi connectivity index (χ4v) is 3.52. The molecular weight excluding hydrogens is 304 g/mol. The average molecular weight is 339 g/mol. The van der Waals surface area contributed by atoms with Crippen LogP contribution in [-0.4, -0.2) is 31.1 Å². The highest BCUT2D eigenvalue weighted by Gasteiger charge is 2.22. The third-order valence-corrected chi connectivity index (χ3v) is 4.88. The number of hydrogen-bond donors (Lipinski definition) is 1. The van der Waals surface area contributed by atoms with Crippen LogP contribution in [-0.2, 0) is 12.0 Å². The van der Waals surface area contributed by atoms with Crippen LogP contribution in [0.4, 0.5) is 0 Å². The minimum atomic E-state index is 0.206. The molecule has 2 rings (SSSR count). The molecule has 1 N–H and O–H groups in total. The Kier molecular flexibility index (Phi) is 7.67. The van der Waals surface area contributed by atoms with Crippen molar-refractivity contribution in [3.8, 4) is 0 Å². The molecule has 0 aliphatic heterocycles. The van der Waals surface area contributed by atoms with Crippen LogP contribution in [0.1, 0.15) is 44.7 Å². The largest absolute Gasteiger partial charge is 0.314 e. The first-order valence-corrected chi connectivity index (χ1v) is 9.49. The van der Waals surface area contributed by atoms with E-state index in [4.69, 9.17) is 0 Å². The van der Waals surface area contributed by atoms with Crippen LogP contribution in [0.25, 0.3) is 0 Å². The molecule has 25 heavy (non-hydrogen) atoms. The Morgan fingerprint density at radius 2 is 1.56 bits per heavy atom. The van der Waals surface area contributed by atoms with E-state index in [1.54, 1.807) is 0 Å². The number of nitrogens with zero attached hydrogens (tertiary/aromatic N) is 1. The lowest BCUT2D eigenvalue weighted by Gasteiger charge is -2.29. The molecule has 0 saturated carbocycles. The van der Waals surface area contributed by atoms with Crippen molar-refractivity contribution in [2.75, 3.05) is 20.1 Å². The van der Waals surface area contributed by atoms with Crippen LogP contribution in [0.15, 0.2) is 60.7 Å². The van der Waals surface area contributed by atoms with Gasteiger partial charge in [0.15, 0.2) is 0 Å². The minimum Gasteiger partial charge on any atom is -0.314 e. The van der Waals surface area contributed by atoms with Gasteiger partial charge in [-0.25, -0.2) is 0 Å². The first-order chi connectivity index (χ1) is 12.0. The molecule has 0 spiro atoms. The number of benzene rings is 2. The van der Waals surface area contributed by atoms with E-state index in [2.05, 4.69) is 98.7 Å². The predicted octanol–water partition coefficient (Wildman–Crippen LogP) is 4.85. The Morgan fingerprint density at radius 3 is 2.20 bits per heavy atom. The average Bonchev–Trinajstić information content (AvgIpc) is 2.60. The van der Waals surface area contributed by atoms with Gasteiger partial charge >= 0.3 is 0 Å². The van der Waals surface area contributed by atoms with Crippen LogP contribution >= 0.6 is 0 Å². The second-order valence-corrected chi connectivity index (χ2v) is 7.89.